The average molecular weight is 372 g/mol. The Morgan fingerprint density at radius 1 is 0.963 bits per heavy atom. The van der Waals surface area contributed by atoms with Crippen molar-refractivity contribution in [3.63, 3.8) is 0 Å². The predicted molar refractivity (Wildman–Crippen MR) is 109 cm³/mol. The number of para-hydroxylation sites is 1. The molecule has 0 atom stereocenters. The van der Waals surface area contributed by atoms with E-state index in [4.69, 9.17) is 0 Å². The van der Waals surface area contributed by atoms with E-state index >= 15 is 0 Å². The molecule has 0 spiro atoms. The number of anilines is 1. The highest BCUT2D eigenvalue weighted by molar-refractivity contribution is 5.93. The minimum Gasteiger partial charge on any atom is -0.340 e. The fraction of sp³-hybridized carbons (Fsp3) is 0.636. The smallest absolute Gasteiger partial charge is 0.227 e. The van der Waals surface area contributed by atoms with E-state index in [9.17, 15) is 9.59 Å². The van der Waals surface area contributed by atoms with Crippen LogP contribution in [0.4, 0.5) is 5.69 Å². The van der Waals surface area contributed by atoms with Crippen molar-refractivity contribution in [2.24, 2.45) is 11.8 Å². The van der Waals surface area contributed by atoms with Gasteiger partial charge < -0.3 is 15.1 Å². The van der Waals surface area contributed by atoms with Crippen molar-refractivity contribution >= 4 is 17.5 Å². The molecule has 1 heterocycles. The molecular formula is C22H33N3O2. The minimum absolute atomic E-state index is 0.0155. The van der Waals surface area contributed by atoms with Crippen LogP contribution in [0.1, 0.15) is 51.0 Å². The Kier molecular flexibility index (Phi) is 6.53. The molecule has 0 aromatic heterocycles. The summed E-state index contributed by atoms with van der Waals surface area (Å²) in [7, 11) is 2.10. The Labute approximate surface area is 163 Å². The lowest BCUT2D eigenvalue weighted by Gasteiger charge is -2.36. The second-order valence-electron chi connectivity index (χ2n) is 8.41. The molecule has 1 saturated heterocycles. The summed E-state index contributed by atoms with van der Waals surface area (Å²) in [6, 6.07) is 8.04. The molecule has 2 fully saturated rings. The number of likely N-dealkylation sites (N-methyl/N-ethyl adjacent to an activating group) is 1. The van der Waals surface area contributed by atoms with Gasteiger partial charge in [0.15, 0.2) is 0 Å². The Morgan fingerprint density at radius 3 is 2.19 bits per heavy atom. The van der Waals surface area contributed by atoms with Crippen molar-refractivity contribution in [1.29, 1.82) is 0 Å². The SMILES string of the molecule is CC(C)c1ccccc1NC(=O)C1CCC(C(=O)N2CCN(C)CC2)CC1. The lowest BCUT2D eigenvalue weighted by atomic mass is 9.80. The van der Waals surface area contributed by atoms with Crippen molar-refractivity contribution in [1.82, 2.24) is 9.80 Å². The normalized spacial score (nSPS) is 24.1. The summed E-state index contributed by atoms with van der Waals surface area (Å²) in [5.41, 5.74) is 2.10. The summed E-state index contributed by atoms with van der Waals surface area (Å²) >= 11 is 0. The molecule has 0 radical (unpaired) electrons. The summed E-state index contributed by atoms with van der Waals surface area (Å²) in [6.45, 7) is 7.86. The van der Waals surface area contributed by atoms with Gasteiger partial charge in [-0.3, -0.25) is 9.59 Å². The number of nitrogens with zero attached hydrogens (tertiary/aromatic N) is 2. The van der Waals surface area contributed by atoms with Crippen molar-refractivity contribution < 1.29 is 9.59 Å². The van der Waals surface area contributed by atoms with Crippen LogP contribution < -0.4 is 5.32 Å². The van der Waals surface area contributed by atoms with Gasteiger partial charge in [0.25, 0.3) is 0 Å². The van der Waals surface area contributed by atoms with Crippen LogP contribution in [0.2, 0.25) is 0 Å². The molecule has 1 aromatic carbocycles. The number of rotatable bonds is 4. The van der Waals surface area contributed by atoms with Crippen LogP contribution in [0.25, 0.3) is 0 Å². The van der Waals surface area contributed by atoms with Crippen molar-refractivity contribution in [2.45, 2.75) is 45.4 Å². The molecule has 1 aromatic rings. The molecule has 2 aliphatic rings. The van der Waals surface area contributed by atoms with Crippen LogP contribution in [-0.4, -0.2) is 54.8 Å². The molecule has 27 heavy (non-hydrogen) atoms. The molecule has 0 unspecified atom stereocenters. The maximum Gasteiger partial charge on any atom is 0.227 e. The Bertz CT molecular complexity index is 657. The maximum absolute atomic E-state index is 12.8. The topological polar surface area (TPSA) is 52.7 Å². The summed E-state index contributed by atoms with van der Waals surface area (Å²) in [4.78, 5) is 29.8. The van der Waals surface area contributed by atoms with E-state index in [1.54, 1.807) is 0 Å². The summed E-state index contributed by atoms with van der Waals surface area (Å²) in [5, 5.41) is 3.13. The van der Waals surface area contributed by atoms with Crippen LogP contribution >= 0.6 is 0 Å². The van der Waals surface area contributed by atoms with Crippen LogP contribution in [0.3, 0.4) is 0 Å². The maximum atomic E-state index is 12.8. The number of carbonyl (C=O) groups is 2. The van der Waals surface area contributed by atoms with Gasteiger partial charge in [-0.2, -0.15) is 0 Å². The van der Waals surface area contributed by atoms with E-state index in [-0.39, 0.29) is 17.7 Å². The quantitative estimate of drug-likeness (QED) is 0.883. The van der Waals surface area contributed by atoms with Gasteiger partial charge in [0.05, 0.1) is 0 Å². The van der Waals surface area contributed by atoms with Crippen LogP contribution in [0.15, 0.2) is 24.3 Å². The van der Waals surface area contributed by atoms with Gasteiger partial charge >= 0.3 is 0 Å². The largest absolute Gasteiger partial charge is 0.340 e. The highest BCUT2D eigenvalue weighted by Crippen LogP contribution is 2.32. The van der Waals surface area contributed by atoms with E-state index in [2.05, 4.69) is 37.2 Å². The average Bonchev–Trinajstić information content (AvgIpc) is 2.68. The van der Waals surface area contributed by atoms with E-state index in [1.165, 1.54) is 5.56 Å². The summed E-state index contributed by atoms with van der Waals surface area (Å²) in [6.07, 6.45) is 3.27. The first-order valence-corrected chi connectivity index (χ1v) is 10.3. The Morgan fingerprint density at radius 2 is 1.56 bits per heavy atom. The summed E-state index contributed by atoms with van der Waals surface area (Å²) < 4.78 is 0. The molecule has 1 aliphatic heterocycles. The Hall–Kier alpha value is -1.88. The standard InChI is InChI=1S/C22H33N3O2/c1-16(2)19-6-4-5-7-20(19)23-21(26)17-8-10-18(11-9-17)22(27)25-14-12-24(3)13-15-25/h4-7,16-18H,8-15H2,1-3H3,(H,23,26). The number of piperazine rings is 1. The molecule has 1 N–H and O–H groups in total. The molecule has 5 heteroatoms. The van der Waals surface area contributed by atoms with Gasteiger partial charge in [0, 0.05) is 43.7 Å². The van der Waals surface area contributed by atoms with E-state index in [0.29, 0.717) is 11.8 Å². The van der Waals surface area contributed by atoms with Gasteiger partial charge in [0.2, 0.25) is 11.8 Å². The summed E-state index contributed by atoms with van der Waals surface area (Å²) in [5.74, 6) is 0.890. The second kappa shape index (κ2) is 8.87. The van der Waals surface area contributed by atoms with Crippen LogP contribution in [0.5, 0.6) is 0 Å². The molecule has 3 rings (SSSR count). The first kappa shape index (κ1) is 19.9. The number of carbonyl (C=O) groups excluding carboxylic acids is 2. The number of benzene rings is 1. The van der Waals surface area contributed by atoms with Crippen molar-refractivity contribution in [2.75, 3.05) is 38.5 Å². The number of nitrogens with one attached hydrogen (secondary N) is 1. The highest BCUT2D eigenvalue weighted by Gasteiger charge is 2.33. The van der Waals surface area contributed by atoms with Gasteiger partial charge in [-0.15, -0.1) is 0 Å². The van der Waals surface area contributed by atoms with Crippen molar-refractivity contribution in [3.8, 4) is 0 Å². The Balaban J connectivity index is 1.52. The van der Waals surface area contributed by atoms with E-state index in [0.717, 1.165) is 57.5 Å². The number of hydrogen-bond acceptors (Lipinski definition) is 3. The van der Waals surface area contributed by atoms with Gasteiger partial charge in [-0.25, -0.2) is 0 Å². The zero-order valence-electron chi connectivity index (χ0n) is 16.9. The first-order chi connectivity index (χ1) is 13.0. The van der Waals surface area contributed by atoms with E-state index < -0.39 is 0 Å². The third kappa shape index (κ3) is 4.89. The van der Waals surface area contributed by atoms with Gasteiger partial charge in [0.1, 0.15) is 0 Å². The van der Waals surface area contributed by atoms with Crippen molar-refractivity contribution in [3.05, 3.63) is 29.8 Å². The zero-order valence-corrected chi connectivity index (χ0v) is 16.9. The third-order valence-corrected chi connectivity index (χ3v) is 6.10. The molecule has 148 valence electrons. The molecule has 5 nitrogen and oxygen atoms in total. The second-order valence-corrected chi connectivity index (χ2v) is 8.41. The third-order valence-electron chi connectivity index (χ3n) is 6.10. The van der Waals surface area contributed by atoms with Gasteiger partial charge in [-0.05, 0) is 50.3 Å². The number of amides is 2. The fourth-order valence-corrected chi connectivity index (χ4v) is 4.24. The molecule has 0 bridgehead atoms. The minimum atomic E-state index is 0.0155. The number of hydrogen-bond donors (Lipinski definition) is 1. The van der Waals surface area contributed by atoms with Crippen LogP contribution in [0, 0.1) is 11.8 Å². The zero-order chi connectivity index (χ0) is 19.4. The van der Waals surface area contributed by atoms with E-state index in [1.807, 2.05) is 23.1 Å². The van der Waals surface area contributed by atoms with Crippen LogP contribution in [-0.2, 0) is 9.59 Å². The fourth-order valence-electron chi connectivity index (χ4n) is 4.24. The monoisotopic (exact) mass is 371 g/mol. The predicted octanol–water partition coefficient (Wildman–Crippen LogP) is 3.33. The lowest BCUT2D eigenvalue weighted by molar-refractivity contribution is -0.139. The molecular weight excluding hydrogens is 338 g/mol. The molecule has 1 aliphatic carbocycles. The highest BCUT2D eigenvalue weighted by atomic mass is 16.2. The lowest BCUT2D eigenvalue weighted by Crippen LogP contribution is -2.49. The molecule has 2 amide bonds. The van der Waals surface area contributed by atoms with Gasteiger partial charge in [-0.1, -0.05) is 32.0 Å². The first-order valence-electron chi connectivity index (χ1n) is 10.3. The molecule has 1 saturated carbocycles.